The van der Waals surface area contributed by atoms with Crippen LogP contribution >= 0.6 is 23.2 Å². The summed E-state index contributed by atoms with van der Waals surface area (Å²) in [6.07, 6.45) is 3.36. The first-order valence-corrected chi connectivity index (χ1v) is 15.3. The number of aliphatic imine (C=N–C) groups is 1. The maximum absolute atomic E-state index is 14.2. The van der Waals surface area contributed by atoms with Crippen molar-refractivity contribution in [2.24, 2.45) is 4.99 Å². The van der Waals surface area contributed by atoms with Crippen LogP contribution < -0.4 is 15.6 Å². The monoisotopic (exact) mass is 665 g/mol. The van der Waals surface area contributed by atoms with Crippen molar-refractivity contribution in [1.82, 2.24) is 10.9 Å². The van der Waals surface area contributed by atoms with Crippen LogP contribution in [0.15, 0.2) is 102 Å². The maximum Gasteiger partial charge on any atom is 0.266 e. The van der Waals surface area contributed by atoms with E-state index < -0.39 is 29.2 Å². The van der Waals surface area contributed by atoms with Gasteiger partial charge in [-0.2, -0.15) is 0 Å². The van der Waals surface area contributed by atoms with Gasteiger partial charge in [-0.3, -0.25) is 10.2 Å². The van der Waals surface area contributed by atoms with Gasteiger partial charge in [-0.1, -0.05) is 77.8 Å². The lowest BCUT2D eigenvalue weighted by Gasteiger charge is -2.30. The van der Waals surface area contributed by atoms with E-state index in [0.29, 0.717) is 45.5 Å². The Morgan fingerprint density at radius 1 is 1.00 bits per heavy atom. The Bertz CT molecular complexity index is 1720. The highest BCUT2D eigenvalue weighted by Crippen LogP contribution is 2.45. The van der Waals surface area contributed by atoms with E-state index >= 15 is 0 Å². The molecular formula is C35H31Cl2F2N3O4. The van der Waals surface area contributed by atoms with Gasteiger partial charge < -0.3 is 14.6 Å². The molecule has 0 fully saturated rings. The fraction of sp³-hybridized carbons (Fsp3) is 0.200. The minimum atomic E-state index is -1.56. The number of carbonyl (C=O) groups is 1. The molecule has 3 N–H and O–H groups in total. The van der Waals surface area contributed by atoms with Crippen LogP contribution in [0.3, 0.4) is 0 Å². The second kappa shape index (κ2) is 15.3. The largest absolute Gasteiger partial charge is 0.494 e. The number of hydrogen-bond donors (Lipinski definition) is 3. The summed E-state index contributed by atoms with van der Waals surface area (Å²) in [5.41, 5.74) is 6.40. The predicted molar refractivity (Wildman–Crippen MR) is 175 cm³/mol. The molecule has 1 heterocycles. The molecule has 5 rings (SSSR count). The van der Waals surface area contributed by atoms with Crippen LogP contribution in [-0.4, -0.2) is 35.7 Å². The molecular weight excluding hydrogens is 635 g/mol. The summed E-state index contributed by atoms with van der Waals surface area (Å²) in [6, 6.07) is 25.1. The van der Waals surface area contributed by atoms with Gasteiger partial charge in [0.25, 0.3) is 5.91 Å². The van der Waals surface area contributed by atoms with Gasteiger partial charge in [0.1, 0.15) is 5.75 Å². The minimum Gasteiger partial charge on any atom is -0.494 e. The molecule has 4 aromatic carbocycles. The molecule has 0 radical (unpaired) electrons. The summed E-state index contributed by atoms with van der Waals surface area (Å²) < 4.78 is 39.3. The van der Waals surface area contributed by atoms with Crippen LogP contribution in [0, 0.1) is 11.6 Å². The normalized spacial score (nSPS) is 17.5. The Hall–Kier alpha value is -4.28. The van der Waals surface area contributed by atoms with Crippen LogP contribution in [0.4, 0.5) is 8.78 Å². The molecule has 2 atom stereocenters. The number of halogens is 4. The molecule has 0 saturated carbocycles. The number of hydrogen-bond acceptors (Lipinski definition) is 6. The zero-order valence-electron chi connectivity index (χ0n) is 24.6. The molecule has 238 valence electrons. The number of aliphatic hydroxyl groups excluding tert-OH is 1. The predicted octanol–water partition coefficient (Wildman–Crippen LogP) is 7.21. The average molecular weight is 667 g/mol. The summed E-state index contributed by atoms with van der Waals surface area (Å²) in [5, 5.41) is 9.74. The SMILES string of the molecule is O=C(NNCc1ccc(F)c(F)c1)[C@@]1(C/C=C/c2ccccc2)N=C(c2ccc(OCCCO)cc2)O[C@H]1c1ccc(Cl)cc1Cl. The third-order valence-corrected chi connectivity index (χ3v) is 7.85. The van der Waals surface area contributed by atoms with E-state index in [2.05, 4.69) is 10.9 Å². The Morgan fingerprint density at radius 2 is 1.78 bits per heavy atom. The highest BCUT2D eigenvalue weighted by atomic mass is 35.5. The van der Waals surface area contributed by atoms with Gasteiger partial charge in [-0.15, -0.1) is 0 Å². The number of hydrazine groups is 1. The number of ether oxygens (including phenoxy) is 2. The zero-order chi connectivity index (χ0) is 32.5. The van der Waals surface area contributed by atoms with Crippen LogP contribution in [0.25, 0.3) is 6.08 Å². The summed E-state index contributed by atoms with van der Waals surface area (Å²) in [4.78, 5) is 19.1. The lowest BCUT2D eigenvalue weighted by molar-refractivity contribution is -0.129. The summed E-state index contributed by atoms with van der Waals surface area (Å²) in [5.74, 6) is -1.68. The Labute approximate surface area is 275 Å². The Balaban J connectivity index is 1.51. The molecule has 7 nitrogen and oxygen atoms in total. The minimum absolute atomic E-state index is 0.0143. The van der Waals surface area contributed by atoms with Crippen molar-refractivity contribution in [2.75, 3.05) is 13.2 Å². The standard InChI is InChI=1S/C35H31Cl2F2N3O4/c36-26-12-15-28(29(37)21-26)32-35(17-4-8-23-6-2-1-3-7-23,34(44)42-40-22-24-9-16-30(38)31(39)20-24)41-33(46-32)25-10-13-27(14-11-25)45-19-5-18-43/h1-4,6-16,20-21,32,40,43H,5,17-19,22H2,(H,42,44)/b8-4+/t32-,35-/m0/s1. The number of nitrogens with one attached hydrogen (secondary N) is 2. The molecule has 0 saturated heterocycles. The van der Waals surface area contributed by atoms with Gasteiger partial charge in [0, 0.05) is 47.2 Å². The van der Waals surface area contributed by atoms with E-state index in [1.165, 1.54) is 6.07 Å². The molecule has 4 aromatic rings. The van der Waals surface area contributed by atoms with Crippen molar-refractivity contribution in [2.45, 2.75) is 31.0 Å². The molecule has 46 heavy (non-hydrogen) atoms. The number of nitrogens with zero attached hydrogens (tertiary/aromatic N) is 1. The molecule has 0 spiro atoms. The molecule has 1 aliphatic rings. The molecule has 0 bridgehead atoms. The number of rotatable bonds is 13. The molecule has 1 aliphatic heterocycles. The maximum atomic E-state index is 14.2. The van der Waals surface area contributed by atoms with Crippen LogP contribution in [0.5, 0.6) is 5.75 Å². The molecule has 0 aromatic heterocycles. The Morgan fingerprint density at radius 3 is 2.50 bits per heavy atom. The topological polar surface area (TPSA) is 92.2 Å². The number of benzene rings is 4. The van der Waals surface area contributed by atoms with Gasteiger partial charge >= 0.3 is 0 Å². The van der Waals surface area contributed by atoms with Crippen molar-refractivity contribution in [3.8, 4) is 5.75 Å². The van der Waals surface area contributed by atoms with Crippen molar-refractivity contribution < 1.29 is 28.2 Å². The van der Waals surface area contributed by atoms with Crippen molar-refractivity contribution >= 4 is 41.1 Å². The fourth-order valence-electron chi connectivity index (χ4n) is 4.93. The highest BCUT2D eigenvalue weighted by molar-refractivity contribution is 6.35. The third-order valence-electron chi connectivity index (χ3n) is 7.29. The quantitative estimate of drug-likeness (QED) is 0.104. The van der Waals surface area contributed by atoms with Crippen molar-refractivity contribution in [1.29, 1.82) is 0 Å². The smallest absolute Gasteiger partial charge is 0.266 e. The van der Waals surface area contributed by atoms with Gasteiger partial charge in [-0.25, -0.2) is 19.2 Å². The van der Waals surface area contributed by atoms with E-state index in [0.717, 1.165) is 17.7 Å². The van der Waals surface area contributed by atoms with E-state index in [4.69, 9.17) is 42.8 Å². The lowest BCUT2D eigenvalue weighted by atomic mass is 9.84. The Kier molecular flexibility index (Phi) is 11.0. The van der Waals surface area contributed by atoms with Gasteiger partial charge in [0.2, 0.25) is 5.90 Å². The van der Waals surface area contributed by atoms with E-state index in [1.807, 2.05) is 42.5 Å². The molecule has 1 amide bonds. The van der Waals surface area contributed by atoms with Crippen LogP contribution in [-0.2, 0) is 16.1 Å². The van der Waals surface area contributed by atoms with Gasteiger partial charge in [0.05, 0.1) is 6.61 Å². The highest BCUT2D eigenvalue weighted by Gasteiger charge is 2.53. The lowest BCUT2D eigenvalue weighted by Crippen LogP contribution is -2.52. The summed E-state index contributed by atoms with van der Waals surface area (Å²) in [7, 11) is 0. The number of carbonyl (C=O) groups excluding carboxylic acids is 1. The second-order valence-corrected chi connectivity index (χ2v) is 11.4. The third kappa shape index (κ3) is 7.92. The van der Waals surface area contributed by atoms with Crippen LogP contribution in [0.2, 0.25) is 10.0 Å². The fourth-order valence-corrected chi connectivity index (χ4v) is 5.44. The van der Waals surface area contributed by atoms with Crippen molar-refractivity contribution in [3.63, 3.8) is 0 Å². The average Bonchev–Trinajstić information content (AvgIpc) is 3.44. The first-order chi connectivity index (χ1) is 22.3. The second-order valence-electron chi connectivity index (χ2n) is 10.5. The van der Waals surface area contributed by atoms with E-state index in [1.54, 1.807) is 42.5 Å². The van der Waals surface area contributed by atoms with Gasteiger partial charge in [-0.05, 0) is 59.7 Å². The zero-order valence-corrected chi connectivity index (χ0v) is 26.1. The van der Waals surface area contributed by atoms with Crippen molar-refractivity contribution in [3.05, 3.63) is 141 Å². The van der Waals surface area contributed by atoms with Gasteiger partial charge in [0.15, 0.2) is 23.3 Å². The molecule has 0 unspecified atom stereocenters. The number of aliphatic hydroxyl groups is 1. The molecule has 11 heteroatoms. The first kappa shape index (κ1) is 33.1. The number of amides is 1. The van der Waals surface area contributed by atoms with E-state index in [9.17, 15) is 13.6 Å². The first-order valence-electron chi connectivity index (χ1n) is 14.5. The van der Waals surface area contributed by atoms with E-state index in [-0.39, 0.29) is 25.5 Å². The molecule has 0 aliphatic carbocycles. The summed E-state index contributed by atoms with van der Waals surface area (Å²) >= 11 is 12.9. The summed E-state index contributed by atoms with van der Waals surface area (Å²) in [6.45, 7) is 0.398. The van der Waals surface area contributed by atoms with Crippen LogP contribution in [0.1, 0.15) is 41.2 Å².